The van der Waals surface area contributed by atoms with Crippen molar-refractivity contribution in [2.24, 2.45) is 0 Å². The number of hydrogen-bond donors (Lipinski definition) is 2. The molecule has 1 heterocycles. The van der Waals surface area contributed by atoms with Crippen LogP contribution in [-0.4, -0.2) is 38.0 Å². The number of nitrogens with zero attached hydrogens (tertiary/aromatic N) is 2. The van der Waals surface area contributed by atoms with E-state index < -0.39 is 6.10 Å². The molecule has 0 spiro atoms. The summed E-state index contributed by atoms with van der Waals surface area (Å²) in [6.45, 7) is 4.01. The summed E-state index contributed by atoms with van der Waals surface area (Å²) in [5, 5.41) is 13.8. The van der Waals surface area contributed by atoms with Gasteiger partial charge >= 0.3 is 0 Å². The molecule has 1 aliphatic heterocycles. The van der Waals surface area contributed by atoms with Crippen molar-refractivity contribution in [2.75, 3.05) is 36.6 Å². The first-order valence-corrected chi connectivity index (χ1v) is 8.34. The molecule has 0 saturated carbocycles. The van der Waals surface area contributed by atoms with Crippen LogP contribution in [0, 0.1) is 5.82 Å². The molecule has 128 valence electrons. The zero-order valence-electron chi connectivity index (χ0n) is 14.1. The quantitative estimate of drug-likeness (QED) is 0.855. The van der Waals surface area contributed by atoms with Gasteiger partial charge in [0.25, 0.3) is 0 Å². The fraction of sp³-hybridized carbons (Fsp3) is 0.368. The van der Waals surface area contributed by atoms with E-state index in [2.05, 4.69) is 22.0 Å². The van der Waals surface area contributed by atoms with Gasteiger partial charge < -0.3 is 20.2 Å². The SMILES string of the molecule is CCN1CN(C(c2ccccc2)C(O)CNC)c2cc(F)ccc21. The molecule has 2 atom stereocenters. The molecule has 0 amide bonds. The van der Waals surface area contributed by atoms with Crippen molar-refractivity contribution < 1.29 is 9.50 Å². The second-order valence-electron chi connectivity index (χ2n) is 6.08. The van der Waals surface area contributed by atoms with Crippen LogP contribution in [-0.2, 0) is 0 Å². The maximum atomic E-state index is 13.9. The zero-order chi connectivity index (χ0) is 17.1. The van der Waals surface area contributed by atoms with Crippen LogP contribution in [0.5, 0.6) is 0 Å². The van der Waals surface area contributed by atoms with Crippen LogP contribution >= 0.6 is 0 Å². The van der Waals surface area contributed by atoms with Crippen LogP contribution < -0.4 is 15.1 Å². The van der Waals surface area contributed by atoms with E-state index >= 15 is 0 Å². The van der Waals surface area contributed by atoms with Gasteiger partial charge in [-0.3, -0.25) is 0 Å². The van der Waals surface area contributed by atoms with E-state index in [4.69, 9.17) is 0 Å². The molecule has 24 heavy (non-hydrogen) atoms. The Bertz CT molecular complexity index is 680. The number of aliphatic hydroxyl groups excluding tert-OH is 1. The van der Waals surface area contributed by atoms with Crippen molar-refractivity contribution in [3.63, 3.8) is 0 Å². The van der Waals surface area contributed by atoms with Crippen LogP contribution in [0.25, 0.3) is 0 Å². The number of likely N-dealkylation sites (N-methyl/N-ethyl adjacent to an activating group) is 1. The minimum absolute atomic E-state index is 0.240. The molecule has 0 radical (unpaired) electrons. The zero-order valence-corrected chi connectivity index (χ0v) is 14.1. The van der Waals surface area contributed by atoms with Crippen LogP contribution in [0.3, 0.4) is 0 Å². The summed E-state index contributed by atoms with van der Waals surface area (Å²) in [5.41, 5.74) is 2.87. The van der Waals surface area contributed by atoms with Gasteiger partial charge in [-0.25, -0.2) is 4.39 Å². The largest absolute Gasteiger partial charge is 0.389 e. The van der Waals surface area contributed by atoms with E-state index in [-0.39, 0.29) is 11.9 Å². The fourth-order valence-electron chi connectivity index (χ4n) is 3.42. The van der Waals surface area contributed by atoms with E-state index in [0.29, 0.717) is 13.2 Å². The molecule has 2 aromatic carbocycles. The average molecular weight is 329 g/mol. The Morgan fingerprint density at radius 1 is 1.17 bits per heavy atom. The molecule has 2 N–H and O–H groups in total. The predicted molar refractivity (Wildman–Crippen MR) is 95.9 cm³/mol. The first-order valence-electron chi connectivity index (χ1n) is 8.34. The van der Waals surface area contributed by atoms with Gasteiger partial charge in [0.1, 0.15) is 5.82 Å². The average Bonchev–Trinajstić information content (AvgIpc) is 2.94. The Morgan fingerprint density at radius 2 is 1.92 bits per heavy atom. The Morgan fingerprint density at radius 3 is 2.58 bits per heavy atom. The van der Waals surface area contributed by atoms with Crippen LogP contribution in [0.15, 0.2) is 48.5 Å². The fourth-order valence-corrected chi connectivity index (χ4v) is 3.42. The van der Waals surface area contributed by atoms with Gasteiger partial charge in [-0.2, -0.15) is 0 Å². The number of anilines is 2. The molecule has 0 saturated heterocycles. The van der Waals surface area contributed by atoms with Gasteiger partial charge in [0.2, 0.25) is 0 Å². The number of hydrogen-bond acceptors (Lipinski definition) is 4. The number of halogens is 1. The highest BCUT2D eigenvalue weighted by atomic mass is 19.1. The lowest BCUT2D eigenvalue weighted by Crippen LogP contribution is -2.42. The van der Waals surface area contributed by atoms with Gasteiger partial charge in [0.05, 0.1) is 30.2 Å². The molecule has 0 fully saturated rings. The van der Waals surface area contributed by atoms with E-state index in [1.807, 2.05) is 43.4 Å². The summed E-state index contributed by atoms with van der Waals surface area (Å²) in [7, 11) is 1.82. The van der Waals surface area contributed by atoms with Crippen LogP contribution in [0.2, 0.25) is 0 Å². The molecule has 4 nitrogen and oxygen atoms in total. The summed E-state index contributed by atoms with van der Waals surface area (Å²) in [4.78, 5) is 4.29. The standard InChI is InChI=1S/C19H24FN3O/c1-3-22-13-23(17-11-15(20)9-10-16(17)22)19(18(24)12-21-2)14-7-5-4-6-8-14/h4-11,18-19,21,24H,3,12-13H2,1-2H3. The second-order valence-corrected chi connectivity index (χ2v) is 6.08. The normalized spacial score (nSPS) is 16.2. The first kappa shape index (κ1) is 16.7. The highest BCUT2D eigenvalue weighted by Crippen LogP contribution is 2.42. The molecule has 2 unspecified atom stereocenters. The van der Waals surface area contributed by atoms with Gasteiger partial charge in [-0.1, -0.05) is 30.3 Å². The minimum atomic E-state index is -0.606. The van der Waals surface area contributed by atoms with Gasteiger partial charge in [0.15, 0.2) is 0 Å². The monoisotopic (exact) mass is 329 g/mol. The number of rotatable bonds is 6. The third-order valence-corrected chi connectivity index (χ3v) is 4.55. The lowest BCUT2D eigenvalue weighted by atomic mass is 9.99. The summed E-state index contributed by atoms with van der Waals surface area (Å²) >= 11 is 0. The van der Waals surface area contributed by atoms with Crippen molar-refractivity contribution in [1.29, 1.82) is 0 Å². The molecule has 0 aromatic heterocycles. The molecule has 2 aromatic rings. The number of nitrogens with one attached hydrogen (secondary N) is 1. The van der Waals surface area contributed by atoms with Crippen molar-refractivity contribution in [1.82, 2.24) is 5.32 Å². The maximum Gasteiger partial charge on any atom is 0.125 e. The first-order chi connectivity index (χ1) is 11.7. The van der Waals surface area contributed by atoms with Crippen molar-refractivity contribution in [3.05, 3.63) is 59.9 Å². The molecule has 1 aliphatic rings. The summed E-state index contributed by atoms with van der Waals surface area (Å²) in [6.07, 6.45) is -0.606. The number of aliphatic hydroxyl groups is 1. The van der Waals surface area contributed by atoms with Crippen molar-refractivity contribution in [2.45, 2.75) is 19.1 Å². The second kappa shape index (κ2) is 7.20. The van der Waals surface area contributed by atoms with Crippen LogP contribution in [0.4, 0.5) is 15.8 Å². The maximum absolute atomic E-state index is 13.9. The predicted octanol–water partition coefficient (Wildman–Crippen LogP) is 2.75. The van der Waals surface area contributed by atoms with E-state index in [1.54, 1.807) is 6.07 Å². The Hall–Kier alpha value is -2.11. The Balaban J connectivity index is 2.04. The van der Waals surface area contributed by atoms with E-state index in [1.165, 1.54) is 6.07 Å². The Labute approximate surface area is 142 Å². The highest BCUT2D eigenvalue weighted by Gasteiger charge is 2.35. The van der Waals surface area contributed by atoms with Gasteiger partial charge in [-0.05, 0) is 37.7 Å². The molecule has 5 heteroatoms. The molecule has 3 rings (SSSR count). The highest BCUT2D eigenvalue weighted by molar-refractivity contribution is 5.77. The third kappa shape index (κ3) is 3.09. The molecular formula is C19H24FN3O. The molecular weight excluding hydrogens is 305 g/mol. The van der Waals surface area contributed by atoms with Crippen molar-refractivity contribution >= 4 is 11.4 Å². The van der Waals surface area contributed by atoms with E-state index in [0.717, 1.165) is 23.5 Å². The summed E-state index contributed by atoms with van der Waals surface area (Å²) in [5.74, 6) is -0.258. The summed E-state index contributed by atoms with van der Waals surface area (Å²) < 4.78 is 13.9. The number of benzene rings is 2. The van der Waals surface area contributed by atoms with E-state index in [9.17, 15) is 9.50 Å². The lowest BCUT2D eigenvalue weighted by Gasteiger charge is -2.34. The smallest absolute Gasteiger partial charge is 0.125 e. The lowest BCUT2D eigenvalue weighted by molar-refractivity contribution is 0.141. The number of fused-ring (bicyclic) bond motifs is 1. The minimum Gasteiger partial charge on any atom is -0.389 e. The molecule has 0 bridgehead atoms. The third-order valence-electron chi connectivity index (χ3n) is 4.55. The van der Waals surface area contributed by atoms with Gasteiger partial charge in [-0.15, -0.1) is 0 Å². The Kier molecular flexibility index (Phi) is 5.02. The molecule has 0 aliphatic carbocycles. The van der Waals surface area contributed by atoms with Crippen LogP contribution in [0.1, 0.15) is 18.5 Å². The van der Waals surface area contributed by atoms with Crippen molar-refractivity contribution in [3.8, 4) is 0 Å². The van der Waals surface area contributed by atoms with Gasteiger partial charge in [0, 0.05) is 13.1 Å². The topological polar surface area (TPSA) is 38.7 Å². The summed E-state index contributed by atoms with van der Waals surface area (Å²) in [6, 6.07) is 14.6.